The van der Waals surface area contributed by atoms with E-state index in [0.29, 0.717) is 11.3 Å². The summed E-state index contributed by atoms with van der Waals surface area (Å²) in [6, 6.07) is 10.2. The van der Waals surface area contributed by atoms with Crippen molar-refractivity contribution in [2.45, 2.75) is 6.92 Å². The number of rotatable bonds is 3. The van der Waals surface area contributed by atoms with Gasteiger partial charge in [-0.1, -0.05) is 30.3 Å². The number of benzene rings is 1. The third-order valence-electron chi connectivity index (χ3n) is 2.36. The fourth-order valence-electron chi connectivity index (χ4n) is 1.56. The van der Waals surface area contributed by atoms with Gasteiger partial charge in [0.15, 0.2) is 5.78 Å². The lowest BCUT2D eigenvalue weighted by molar-refractivity contribution is 0.0663. The molecule has 1 N–H and O–H groups in total. The zero-order chi connectivity index (χ0) is 12.4. The van der Waals surface area contributed by atoms with Crippen molar-refractivity contribution in [1.82, 2.24) is 0 Å². The highest BCUT2D eigenvalue weighted by Crippen LogP contribution is 2.27. The maximum atomic E-state index is 11.4. The van der Waals surface area contributed by atoms with Gasteiger partial charge in [0.05, 0.1) is 5.56 Å². The van der Waals surface area contributed by atoms with Crippen LogP contribution in [0.5, 0.6) is 0 Å². The Hall–Kier alpha value is -2.36. The van der Waals surface area contributed by atoms with Gasteiger partial charge in [0.2, 0.25) is 5.76 Å². The molecule has 0 atom stereocenters. The van der Waals surface area contributed by atoms with Crippen molar-refractivity contribution in [2.75, 3.05) is 0 Å². The number of carbonyl (C=O) groups is 2. The molecule has 0 radical (unpaired) electrons. The maximum absolute atomic E-state index is 11.4. The largest absolute Gasteiger partial charge is 0.475 e. The average molecular weight is 230 g/mol. The molecule has 0 spiro atoms. The van der Waals surface area contributed by atoms with E-state index in [2.05, 4.69) is 0 Å². The van der Waals surface area contributed by atoms with Crippen LogP contribution in [0.4, 0.5) is 0 Å². The number of hydrogen-bond donors (Lipinski definition) is 1. The van der Waals surface area contributed by atoms with Crippen LogP contribution in [0.3, 0.4) is 0 Å². The van der Waals surface area contributed by atoms with Crippen molar-refractivity contribution >= 4 is 11.8 Å². The third kappa shape index (κ3) is 2.10. The van der Waals surface area contributed by atoms with Crippen molar-refractivity contribution in [2.24, 2.45) is 0 Å². The highest BCUT2D eigenvalue weighted by Gasteiger charge is 2.19. The summed E-state index contributed by atoms with van der Waals surface area (Å²) in [5.74, 6) is -1.33. The molecule has 0 aliphatic rings. The quantitative estimate of drug-likeness (QED) is 0.823. The van der Waals surface area contributed by atoms with Gasteiger partial charge in [0, 0.05) is 11.6 Å². The molecule has 4 heteroatoms. The van der Waals surface area contributed by atoms with E-state index in [-0.39, 0.29) is 17.1 Å². The van der Waals surface area contributed by atoms with E-state index in [9.17, 15) is 9.59 Å². The monoisotopic (exact) mass is 230 g/mol. The van der Waals surface area contributed by atoms with Crippen molar-refractivity contribution < 1.29 is 19.1 Å². The lowest BCUT2D eigenvalue weighted by atomic mass is 10.1. The molecule has 0 unspecified atom stereocenters. The van der Waals surface area contributed by atoms with Crippen molar-refractivity contribution in [3.63, 3.8) is 0 Å². The second-order valence-corrected chi connectivity index (χ2v) is 3.58. The summed E-state index contributed by atoms with van der Waals surface area (Å²) in [7, 11) is 0. The Kier molecular flexibility index (Phi) is 2.78. The zero-order valence-corrected chi connectivity index (χ0v) is 9.14. The molecule has 17 heavy (non-hydrogen) atoms. The van der Waals surface area contributed by atoms with Gasteiger partial charge in [0.25, 0.3) is 0 Å². The van der Waals surface area contributed by atoms with Gasteiger partial charge in [-0.2, -0.15) is 0 Å². The summed E-state index contributed by atoms with van der Waals surface area (Å²) in [4.78, 5) is 22.2. The molecule has 2 rings (SSSR count). The lowest BCUT2D eigenvalue weighted by Gasteiger charge is -1.98. The first kappa shape index (κ1) is 11.1. The molecule has 4 nitrogen and oxygen atoms in total. The normalized spacial score (nSPS) is 10.2. The molecule has 86 valence electrons. The minimum atomic E-state index is -1.19. The molecule has 0 saturated carbocycles. The molecule has 0 saturated heterocycles. The summed E-state index contributed by atoms with van der Waals surface area (Å²) in [6.45, 7) is 1.38. The van der Waals surface area contributed by atoms with Gasteiger partial charge >= 0.3 is 5.97 Å². The van der Waals surface area contributed by atoms with Gasteiger partial charge < -0.3 is 9.52 Å². The van der Waals surface area contributed by atoms with Crippen LogP contribution in [0, 0.1) is 0 Å². The Balaban J connectivity index is 2.60. The average Bonchev–Trinajstić information content (AvgIpc) is 2.75. The lowest BCUT2D eigenvalue weighted by Crippen LogP contribution is -1.93. The highest BCUT2D eigenvalue weighted by molar-refractivity contribution is 6.01. The zero-order valence-electron chi connectivity index (χ0n) is 9.14. The predicted octanol–water partition coefficient (Wildman–Crippen LogP) is 2.85. The summed E-state index contributed by atoms with van der Waals surface area (Å²) < 4.78 is 5.20. The highest BCUT2D eigenvalue weighted by atomic mass is 16.4. The van der Waals surface area contributed by atoms with E-state index in [1.165, 1.54) is 13.0 Å². The van der Waals surface area contributed by atoms with Gasteiger partial charge in [-0.15, -0.1) is 0 Å². The summed E-state index contributed by atoms with van der Waals surface area (Å²) in [5, 5.41) is 8.85. The summed E-state index contributed by atoms with van der Waals surface area (Å²) >= 11 is 0. The van der Waals surface area contributed by atoms with Crippen molar-refractivity contribution in [1.29, 1.82) is 0 Å². The van der Waals surface area contributed by atoms with Gasteiger partial charge in [-0.25, -0.2) is 4.79 Å². The van der Waals surface area contributed by atoms with E-state index in [4.69, 9.17) is 9.52 Å². The van der Waals surface area contributed by atoms with Crippen LogP contribution in [0.15, 0.2) is 40.8 Å². The van der Waals surface area contributed by atoms with E-state index in [0.717, 1.165) is 0 Å². The number of carboxylic acid groups (broad SMARTS) is 1. The number of furan rings is 1. The van der Waals surface area contributed by atoms with Gasteiger partial charge in [-0.05, 0) is 6.92 Å². The Bertz CT molecular complexity index is 566. The number of carboxylic acids is 1. The molecule has 1 aromatic heterocycles. The second kappa shape index (κ2) is 4.25. The first-order valence-electron chi connectivity index (χ1n) is 5.03. The van der Waals surface area contributed by atoms with Crippen molar-refractivity contribution in [3.05, 3.63) is 47.7 Å². The minimum Gasteiger partial charge on any atom is -0.475 e. The van der Waals surface area contributed by atoms with Gasteiger partial charge in [-0.3, -0.25) is 4.79 Å². The number of hydrogen-bond acceptors (Lipinski definition) is 3. The van der Waals surface area contributed by atoms with Crippen LogP contribution in [0.25, 0.3) is 11.3 Å². The molecular weight excluding hydrogens is 220 g/mol. The van der Waals surface area contributed by atoms with E-state index < -0.39 is 5.97 Å². The minimum absolute atomic E-state index is 0.222. The molecule has 0 aliphatic carbocycles. The van der Waals surface area contributed by atoms with Crippen LogP contribution >= 0.6 is 0 Å². The standard InChI is InChI=1S/C13H10O4/c1-8(14)10-7-11(13(15)16)17-12(10)9-5-3-2-4-6-9/h2-7H,1H3,(H,15,16). The van der Waals surface area contributed by atoms with Crippen LogP contribution in [-0.2, 0) is 0 Å². The fraction of sp³-hybridized carbons (Fsp3) is 0.0769. The Morgan fingerprint density at radius 1 is 1.18 bits per heavy atom. The van der Waals surface area contributed by atoms with E-state index >= 15 is 0 Å². The molecular formula is C13H10O4. The molecule has 0 fully saturated rings. The van der Waals surface area contributed by atoms with Crippen LogP contribution in [0.2, 0.25) is 0 Å². The molecule has 1 aromatic carbocycles. The molecule has 2 aromatic rings. The van der Waals surface area contributed by atoms with E-state index in [1.54, 1.807) is 24.3 Å². The van der Waals surface area contributed by atoms with Crippen molar-refractivity contribution in [3.8, 4) is 11.3 Å². The van der Waals surface area contributed by atoms with Crippen LogP contribution < -0.4 is 0 Å². The number of ketones is 1. The first-order chi connectivity index (χ1) is 8.09. The smallest absolute Gasteiger partial charge is 0.371 e. The second-order valence-electron chi connectivity index (χ2n) is 3.58. The topological polar surface area (TPSA) is 67.5 Å². The molecule has 0 bridgehead atoms. The third-order valence-corrected chi connectivity index (χ3v) is 2.36. The summed E-state index contributed by atoms with van der Waals surface area (Å²) in [6.07, 6.45) is 0. The Morgan fingerprint density at radius 3 is 2.35 bits per heavy atom. The number of Topliss-reactive ketones (excluding diaryl/α,β-unsaturated/α-hetero) is 1. The first-order valence-corrected chi connectivity index (χ1v) is 5.03. The van der Waals surface area contributed by atoms with Gasteiger partial charge in [0.1, 0.15) is 5.76 Å². The maximum Gasteiger partial charge on any atom is 0.371 e. The Labute approximate surface area is 97.5 Å². The Morgan fingerprint density at radius 2 is 1.82 bits per heavy atom. The van der Waals surface area contributed by atoms with E-state index in [1.807, 2.05) is 6.07 Å². The van der Waals surface area contributed by atoms with Crippen LogP contribution in [-0.4, -0.2) is 16.9 Å². The predicted molar refractivity (Wildman–Crippen MR) is 61.1 cm³/mol. The van der Waals surface area contributed by atoms with Crippen LogP contribution in [0.1, 0.15) is 27.8 Å². The fourth-order valence-corrected chi connectivity index (χ4v) is 1.56. The summed E-state index contributed by atoms with van der Waals surface area (Å²) in [5.41, 5.74) is 0.971. The molecule has 0 aliphatic heterocycles. The number of aromatic carboxylic acids is 1. The number of carbonyl (C=O) groups excluding carboxylic acids is 1. The SMILES string of the molecule is CC(=O)c1cc(C(=O)O)oc1-c1ccccc1. The molecule has 1 heterocycles. The molecule has 0 amide bonds.